The molecule has 0 saturated carbocycles. The summed E-state index contributed by atoms with van der Waals surface area (Å²) >= 11 is 5.56. The third-order valence-corrected chi connectivity index (χ3v) is 43.2. The van der Waals surface area contributed by atoms with Gasteiger partial charge in [0.05, 0.1) is 0 Å². The molecule has 0 atom stereocenters. The molecule has 8 aromatic rings. The Balaban J connectivity index is 1.09. The number of benzene rings is 3. The van der Waals surface area contributed by atoms with Crippen LogP contribution in [0.1, 0.15) is 230 Å². The topological polar surface area (TPSA) is 71.1 Å². The fourth-order valence-electron chi connectivity index (χ4n) is 16.7. The minimum Gasteiger partial charge on any atom is -0.437 e. The van der Waals surface area contributed by atoms with Crippen molar-refractivity contribution in [3.05, 3.63) is 135 Å². The molecule has 0 fully saturated rings. The Hall–Kier alpha value is -3.28. The molecule has 0 amide bonds. The molecule has 0 radical (unpaired) electrons. The molecule has 6 nitrogen and oxygen atoms in total. The van der Waals surface area contributed by atoms with Gasteiger partial charge in [-0.15, -0.1) is 34.0 Å². The molecular weight excluding hydrogens is 1410 g/mol. The molecule has 3 aromatic heterocycles. The molecule has 1 aliphatic rings. The highest BCUT2D eigenvalue weighted by atomic mass is 32.1. The van der Waals surface area contributed by atoms with Crippen molar-refractivity contribution >= 4 is 139 Å². The molecule has 0 spiro atoms. The molecule has 3 heterocycles. The number of allylic oxidation sites excluding steroid dienone is 4. The van der Waals surface area contributed by atoms with Crippen LogP contribution in [0.2, 0.25) is 104 Å². The summed E-state index contributed by atoms with van der Waals surface area (Å²) in [4.78, 5) is 37.9. The normalized spacial score (nSPS) is 13.9. The highest BCUT2D eigenvalue weighted by Gasteiger charge is 2.41. The van der Waals surface area contributed by atoms with E-state index >= 15 is 4.79 Å². The second-order valence-corrected chi connectivity index (χ2v) is 64.2. The first kappa shape index (κ1) is 82.8. The molecule has 102 heavy (non-hydrogen) atoms. The summed E-state index contributed by atoms with van der Waals surface area (Å²) in [7, 11) is -12.3. The first-order valence-corrected chi connectivity index (χ1v) is 61.6. The van der Waals surface area contributed by atoms with Gasteiger partial charge in [-0.3, -0.25) is 9.59 Å². The monoisotopic (exact) mass is 1540 g/mol. The molecule has 0 unspecified atom stereocenters. The number of thiophene rings is 3. The Morgan fingerprint density at radius 2 is 0.735 bits per heavy atom. The highest BCUT2D eigenvalue weighted by molar-refractivity contribution is 7.16. The molecule has 0 aliphatic heterocycles. The molecular formula is C87H132O6S3Si6. The molecule has 15 heteroatoms. The average Bonchev–Trinajstić information content (AvgIpc) is 1.49. The van der Waals surface area contributed by atoms with Crippen LogP contribution in [0.5, 0.6) is 0 Å². The number of hydrogen-bond acceptors (Lipinski definition) is 9. The van der Waals surface area contributed by atoms with Crippen LogP contribution in [-0.4, -0.2) is 50.4 Å². The maximum absolute atomic E-state index is 15.5. The van der Waals surface area contributed by atoms with Crippen LogP contribution in [0.4, 0.5) is 0 Å². The standard InChI is InChI=1S/C87H132O6S3Si6/c1-19-21-23-25-27-29-31-33-35-39-45-66-60-68(61-75(66)87-67(59-65(4)95-87)46-40-36-34-32-30-28-26-24-22-20-2)80-55-56-82(96-80)79-63-77-74(86(79)89)53-51-72-69(47-41-37-43-57-101(17,90-97(5,6)7)91-98(8,9)10)83-71(50-52-73-76(83)62-78(85(73)88)81-54-49-64(3)94-81)70(84(72)77)48-42-38-44-58-102(18,92-99(11,12)13)93-100(14,15)16/h49-56,59-60,62-63H,19-48,57-58,61H2,1-18H3. The van der Waals surface area contributed by atoms with Gasteiger partial charge in [0.1, 0.15) is 0 Å². The lowest BCUT2D eigenvalue weighted by Crippen LogP contribution is -2.52. The number of rotatable bonds is 46. The van der Waals surface area contributed by atoms with E-state index in [1.165, 1.54) is 186 Å². The Bertz CT molecular complexity index is 4170. The van der Waals surface area contributed by atoms with E-state index < -0.39 is 50.4 Å². The zero-order valence-electron chi connectivity index (χ0n) is 66.9. The predicted octanol–water partition coefficient (Wildman–Crippen LogP) is 29.0. The lowest BCUT2D eigenvalue weighted by molar-refractivity contribution is 0.378. The fraction of sp³-hybridized carbons (Fsp3) is 0.586. The minimum atomic E-state index is -2.44. The van der Waals surface area contributed by atoms with Crippen LogP contribution in [0.15, 0.2) is 88.0 Å². The highest BCUT2D eigenvalue weighted by Crippen LogP contribution is 2.48. The number of hydrogen-bond donors (Lipinski definition) is 0. The van der Waals surface area contributed by atoms with Gasteiger partial charge in [-0.05, 0) is 289 Å². The van der Waals surface area contributed by atoms with Gasteiger partial charge in [-0.25, -0.2) is 0 Å². The second kappa shape index (κ2) is 37.2. The van der Waals surface area contributed by atoms with Crippen molar-refractivity contribution in [3.8, 4) is 20.9 Å². The largest absolute Gasteiger partial charge is 0.437 e. The summed E-state index contributed by atoms with van der Waals surface area (Å²) in [6.07, 6.45) is 40.7. The average molecular weight is 1540 g/mol. The minimum absolute atomic E-state index is 0.114. The van der Waals surface area contributed by atoms with E-state index in [1.54, 1.807) is 28.0 Å². The second-order valence-electron chi connectivity index (χ2n) is 34.9. The van der Waals surface area contributed by atoms with Gasteiger partial charge in [0.25, 0.3) is 0 Å². The third kappa shape index (κ3) is 23.4. The summed E-state index contributed by atoms with van der Waals surface area (Å²) in [5, 5.41) is 8.60. The molecule has 9 rings (SSSR count). The van der Waals surface area contributed by atoms with Crippen molar-refractivity contribution in [1.82, 2.24) is 0 Å². The van der Waals surface area contributed by atoms with Gasteiger partial charge in [0, 0.05) is 57.6 Å². The Kier molecular flexibility index (Phi) is 30.2. The Morgan fingerprint density at radius 3 is 1.16 bits per heavy atom. The lowest BCUT2D eigenvalue weighted by atomic mass is 9.84. The SMILES string of the molecule is CCCCCCCCCCCCC1=C(c2sc(C)cc2CCCCCCCCCCCC)CC(c2ccc(-c3cc4c(ccc5c(CCCCC[Si](C)(O[Si](C)(C)C)O[Si](C)(C)C)c6c(ccc7c(=O)c(-c8ccc(C)s8)cc76)c(CCCCC[Si](C)(O[Si](C)(C)C)O[Si](C)(C)C)c54)c3=O)s2)=C1. The van der Waals surface area contributed by atoms with Crippen LogP contribution >= 0.6 is 34.0 Å². The Morgan fingerprint density at radius 1 is 0.363 bits per heavy atom. The van der Waals surface area contributed by atoms with Crippen LogP contribution in [-0.2, 0) is 35.7 Å². The molecule has 0 bridgehead atoms. The Labute approximate surface area is 636 Å². The zero-order valence-corrected chi connectivity index (χ0v) is 75.4. The number of fused-ring (bicyclic) bond motifs is 6. The zero-order chi connectivity index (χ0) is 73.6. The molecule has 1 aliphatic carbocycles. The van der Waals surface area contributed by atoms with E-state index in [2.05, 4.69) is 192 Å². The molecule has 5 aromatic carbocycles. The van der Waals surface area contributed by atoms with Crippen molar-refractivity contribution in [1.29, 1.82) is 0 Å². The maximum atomic E-state index is 15.5. The van der Waals surface area contributed by atoms with E-state index in [-0.39, 0.29) is 10.9 Å². The lowest BCUT2D eigenvalue weighted by Gasteiger charge is -2.38. The summed E-state index contributed by atoms with van der Waals surface area (Å²) in [6, 6.07) is 26.8. The predicted molar refractivity (Wildman–Crippen MR) is 469 cm³/mol. The molecule has 558 valence electrons. The molecule has 0 saturated heterocycles. The van der Waals surface area contributed by atoms with Crippen molar-refractivity contribution in [2.24, 2.45) is 0 Å². The van der Waals surface area contributed by atoms with Gasteiger partial charge in [-0.2, -0.15) is 0 Å². The third-order valence-electron chi connectivity index (χ3n) is 20.6. The van der Waals surface area contributed by atoms with Crippen molar-refractivity contribution in [3.63, 3.8) is 0 Å². The van der Waals surface area contributed by atoms with Gasteiger partial charge >= 0.3 is 17.1 Å². The van der Waals surface area contributed by atoms with Gasteiger partial charge in [0.2, 0.25) is 0 Å². The number of unbranched alkanes of at least 4 members (excludes halogenated alkanes) is 22. The van der Waals surface area contributed by atoms with Gasteiger partial charge < -0.3 is 16.5 Å². The number of aryl methyl sites for hydroxylation is 5. The van der Waals surface area contributed by atoms with Crippen LogP contribution < -0.4 is 10.9 Å². The summed E-state index contributed by atoms with van der Waals surface area (Å²) in [6.45, 7) is 41.4. The first-order chi connectivity index (χ1) is 48.4. The van der Waals surface area contributed by atoms with Crippen molar-refractivity contribution in [2.75, 3.05) is 0 Å². The van der Waals surface area contributed by atoms with E-state index in [1.807, 2.05) is 22.7 Å². The van der Waals surface area contributed by atoms with E-state index in [4.69, 9.17) is 16.5 Å². The van der Waals surface area contributed by atoms with E-state index in [0.29, 0.717) is 0 Å². The van der Waals surface area contributed by atoms with Crippen LogP contribution in [0.25, 0.3) is 75.1 Å². The first-order valence-electron chi connectivity index (χ1n) is 40.5. The van der Waals surface area contributed by atoms with Crippen molar-refractivity contribution in [2.45, 2.75) is 330 Å². The van der Waals surface area contributed by atoms with E-state index in [9.17, 15) is 4.79 Å². The maximum Gasteiger partial charge on any atom is 0.314 e. The van der Waals surface area contributed by atoms with Gasteiger partial charge in [-0.1, -0.05) is 173 Å². The van der Waals surface area contributed by atoms with Crippen molar-refractivity contribution < 1.29 is 16.5 Å². The summed E-state index contributed by atoms with van der Waals surface area (Å²) in [5.74, 6) is 0. The van der Waals surface area contributed by atoms with Crippen LogP contribution in [0.3, 0.4) is 0 Å². The summed E-state index contributed by atoms with van der Waals surface area (Å²) < 4.78 is 28.1. The molecule has 0 N–H and O–H groups in total. The quantitative estimate of drug-likeness (QED) is 0.0215. The summed E-state index contributed by atoms with van der Waals surface area (Å²) in [5.41, 5.74) is 10.5. The van der Waals surface area contributed by atoms with E-state index in [0.717, 1.165) is 125 Å². The fourth-order valence-corrected chi connectivity index (χ4v) is 45.0. The van der Waals surface area contributed by atoms with Gasteiger partial charge in [0.15, 0.2) is 44.1 Å². The van der Waals surface area contributed by atoms with Crippen LogP contribution in [0, 0.1) is 13.8 Å². The smallest absolute Gasteiger partial charge is 0.314 e.